The van der Waals surface area contributed by atoms with Crippen molar-refractivity contribution < 1.29 is 0 Å². The molecule has 0 aliphatic carbocycles. The van der Waals surface area contributed by atoms with Crippen LogP contribution >= 0.6 is 12.1 Å². The summed E-state index contributed by atoms with van der Waals surface area (Å²) in [5.74, 6) is 2.56. The second-order valence-electron chi connectivity index (χ2n) is 9.65. The molecular formula is C24H29N9S. The zero-order valence-electron chi connectivity index (χ0n) is 19.2. The molecule has 3 saturated heterocycles. The summed E-state index contributed by atoms with van der Waals surface area (Å²) in [5, 5.41) is 24.5. The van der Waals surface area contributed by atoms with E-state index in [0.29, 0.717) is 18.1 Å². The summed E-state index contributed by atoms with van der Waals surface area (Å²) in [7, 11) is 0. The van der Waals surface area contributed by atoms with E-state index in [0.717, 1.165) is 60.0 Å². The summed E-state index contributed by atoms with van der Waals surface area (Å²) in [6.07, 6.45) is 7.77. The lowest BCUT2D eigenvalue weighted by atomic mass is 9.84. The van der Waals surface area contributed by atoms with Crippen molar-refractivity contribution in [3.8, 4) is 6.07 Å². The average molecular weight is 476 g/mol. The number of nitrogens with zero attached hydrogens (tertiary/aromatic N) is 6. The van der Waals surface area contributed by atoms with E-state index in [-0.39, 0.29) is 5.92 Å². The number of fused-ring (bicyclic) bond motifs is 3. The lowest BCUT2D eigenvalue weighted by molar-refractivity contribution is 0.118. The number of aromatic nitrogens is 4. The highest BCUT2D eigenvalue weighted by molar-refractivity contribution is 7.94. The molecule has 0 radical (unpaired) electrons. The highest BCUT2D eigenvalue weighted by atomic mass is 32.2. The number of nitriles is 1. The fraction of sp³-hybridized carbons (Fsp3) is 0.500. The second-order valence-corrected chi connectivity index (χ2v) is 10.8. The first-order valence-corrected chi connectivity index (χ1v) is 12.8. The predicted molar refractivity (Wildman–Crippen MR) is 134 cm³/mol. The Morgan fingerprint density at radius 2 is 2.00 bits per heavy atom. The molecule has 6 heterocycles. The Morgan fingerprint density at radius 3 is 2.74 bits per heavy atom. The highest BCUT2D eigenvalue weighted by Crippen LogP contribution is 2.42. The molecule has 176 valence electrons. The van der Waals surface area contributed by atoms with Gasteiger partial charge in [-0.15, -0.1) is 0 Å². The molecule has 3 aliphatic heterocycles. The lowest BCUT2D eigenvalue weighted by Crippen LogP contribution is -2.54. The van der Waals surface area contributed by atoms with Crippen molar-refractivity contribution in [2.24, 2.45) is 5.92 Å². The number of rotatable bonds is 6. The molecule has 3 aromatic heterocycles. The van der Waals surface area contributed by atoms with Gasteiger partial charge in [-0.25, -0.2) is 13.6 Å². The number of aryl methyl sites for hydroxylation is 1. The van der Waals surface area contributed by atoms with Crippen LogP contribution in [-0.2, 0) is 0 Å². The van der Waals surface area contributed by atoms with Crippen molar-refractivity contribution in [1.82, 2.24) is 28.8 Å². The largest absolute Gasteiger partial charge is 0.367 e. The van der Waals surface area contributed by atoms with Crippen LogP contribution in [0.3, 0.4) is 0 Å². The number of piperidine rings is 2. The molecule has 0 saturated carbocycles. The van der Waals surface area contributed by atoms with Crippen molar-refractivity contribution in [3.05, 3.63) is 36.2 Å². The third kappa shape index (κ3) is 4.31. The van der Waals surface area contributed by atoms with E-state index in [4.69, 9.17) is 10.2 Å². The molecule has 0 spiro atoms. The van der Waals surface area contributed by atoms with Crippen LogP contribution in [-0.4, -0.2) is 60.0 Å². The summed E-state index contributed by atoms with van der Waals surface area (Å²) in [6, 6.07) is 11.8. The van der Waals surface area contributed by atoms with Crippen LogP contribution in [0.15, 0.2) is 30.5 Å². The Balaban J connectivity index is 1.20. The standard InChI is InChI=1S/C24H29N9S/c1-15-8-23(31-30-15)28-22-11-21-20(6-3-7-26-21)24(29-22)27-17-9-18-4-2-5-19(10-17)33(18)34-32-13-16(12-25)14-32/h3,6-8,11,16-19H,2,4-5,9-10,13-14H2,1H3,(H3,27,28,29,30,31). The van der Waals surface area contributed by atoms with Crippen LogP contribution in [0.5, 0.6) is 0 Å². The Hall–Kier alpha value is -2.87. The van der Waals surface area contributed by atoms with Gasteiger partial charge in [-0.1, -0.05) is 6.42 Å². The Labute approximate surface area is 203 Å². The third-order valence-electron chi connectivity index (χ3n) is 7.05. The van der Waals surface area contributed by atoms with Gasteiger partial charge in [0.2, 0.25) is 0 Å². The summed E-state index contributed by atoms with van der Waals surface area (Å²) in [6.45, 7) is 3.75. The molecule has 9 nitrogen and oxygen atoms in total. The molecule has 2 bridgehead atoms. The number of H-pyrrole nitrogens is 1. The van der Waals surface area contributed by atoms with E-state index >= 15 is 0 Å². The average Bonchev–Trinajstić information content (AvgIpc) is 3.20. The topological polar surface area (TPSA) is 109 Å². The Kier molecular flexibility index (Phi) is 5.77. The number of hydrogen-bond donors (Lipinski definition) is 3. The number of nitrogens with one attached hydrogen (secondary N) is 3. The van der Waals surface area contributed by atoms with Gasteiger partial charge >= 0.3 is 0 Å². The quantitative estimate of drug-likeness (QED) is 0.451. The van der Waals surface area contributed by atoms with Crippen LogP contribution in [0.1, 0.15) is 37.8 Å². The minimum atomic E-state index is 0.200. The summed E-state index contributed by atoms with van der Waals surface area (Å²) in [5.41, 5.74) is 1.91. The molecule has 0 amide bonds. The zero-order chi connectivity index (χ0) is 23.1. The molecular weight excluding hydrogens is 446 g/mol. The van der Waals surface area contributed by atoms with Gasteiger partial charge < -0.3 is 10.6 Å². The molecule has 2 unspecified atom stereocenters. The molecule has 2 atom stereocenters. The highest BCUT2D eigenvalue weighted by Gasteiger charge is 2.41. The van der Waals surface area contributed by atoms with Gasteiger partial charge in [0, 0.05) is 72.8 Å². The molecule has 10 heteroatoms. The third-order valence-corrected chi connectivity index (χ3v) is 8.36. The molecule has 6 rings (SSSR count). The van der Waals surface area contributed by atoms with Gasteiger partial charge in [0.25, 0.3) is 0 Å². The van der Waals surface area contributed by atoms with Gasteiger partial charge in [0.15, 0.2) is 5.82 Å². The van der Waals surface area contributed by atoms with E-state index in [1.807, 2.05) is 43.5 Å². The van der Waals surface area contributed by atoms with E-state index in [1.54, 1.807) is 0 Å². The Bertz CT molecular complexity index is 1200. The summed E-state index contributed by atoms with van der Waals surface area (Å²) >= 11 is 1.88. The van der Waals surface area contributed by atoms with Crippen LogP contribution < -0.4 is 10.6 Å². The van der Waals surface area contributed by atoms with Gasteiger partial charge in [-0.05, 0) is 44.7 Å². The van der Waals surface area contributed by atoms with Crippen LogP contribution in [0.25, 0.3) is 10.9 Å². The predicted octanol–water partition coefficient (Wildman–Crippen LogP) is 4.22. The van der Waals surface area contributed by atoms with Crippen molar-refractivity contribution in [2.45, 2.75) is 57.2 Å². The smallest absolute Gasteiger partial charge is 0.153 e. The number of hydrogen-bond acceptors (Lipinski definition) is 9. The monoisotopic (exact) mass is 475 g/mol. The van der Waals surface area contributed by atoms with Gasteiger partial charge in [-0.3, -0.25) is 10.1 Å². The van der Waals surface area contributed by atoms with E-state index in [9.17, 15) is 0 Å². The Morgan fingerprint density at radius 1 is 1.18 bits per heavy atom. The molecule has 0 aromatic carbocycles. The molecule has 3 fully saturated rings. The summed E-state index contributed by atoms with van der Waals surface area (Å²) in [4.78, 5) is 9.51. The minimum Gasteiger partial charge on any atom is -0.367 e. The normalized spacial score (nSPS) is 25.6. The summed E-state index contributed by atoms with van der Waals surface area (Å²) < 4.78 is 4.97. The van der Waals surface area contributed by atoms with Crippen molar-refractivity contribution in [2.75, 3.05) is 23.7 Å². The second kappa shape index (κ2) is 9.06. The van der Waals surface area contributed by atoms with Gasteiger partial charge in [0.1, 0.15) is 11.6 Å². The fourth-order valence-electron chi connectivity index (χ4n) is 5.37. The molecule has 3 aliphatic rings. The van der Waals surface area contributed by atoms with Crippen molar-refractivity contribution >= 4 is 40.5 Å². The maximum absolute atomic E-state index is 9.10. The SMILES string of the molecule is Cc1cc(Nc2cc3ncccc3c(NC3CC4CCCC(C3)N4SN3CC(C#N)C3)n2)n[nH]1. The fourth-order valence-corrected chi connectivity index (χ4v) is 6.77. The van der Waals surface area contributed by atoms with Crippen molar-refractivity contribution in [1.29, 1.82) is 5.26 Å². The number of aromatic amines is 1. The zero-order valence-corrected chi connectivity index (χ0v) is 20.1. The van der Waals surface area contributed by atoms with E-state index < -0.39 is 0 Å². The van der Waals surface area contributed by atoms with Crippen LogP contribution in [0.2, 0.25) is 0 Å². The molecule has 3 aromatic rings. The lowest BCUT2D eigenvalue weighted by Gasteiger charge is -2.50. The molecule has 3 N–H and O–H groups in total. The maximum atomic E-state index is 9.10. The number of anilines is 3. The van der Waals surface area contributed by atoms with Gasteiger partial charge in [-0.2, -0.15) is 10.4 Å². The first kappa shape index (κ1) is 21.6. The first-order chi connectivity index (χ1) is 16.6. The van der Waals surface area contributed by atoms with Crippen LogP contribution in [0.4, 0.5) is 17.5 Å². The van der Waals surface area contributed by atoms with Gasteiger partial charge in [0.05, 0.1) is 17.5 Å². The van der Waals surface area contributed by atoms with E-state index in [1.165, 1.54) is 19.3 Å². The maximum Gasteiger partial charge on any atom is 0.153 e. The van der Waals surface area contributed by atoms with Crippen molar-refractivity contribution in [3.63, 3.8) is 0 Å². The minimum absolute atomic E-state index is 0.200. The number of pyridine rings is 2. The molecule has 34 heavy (non-hydrogen) atoms. The van der Waals surface area contributed by atoms with E-state index in [2.05, 4.69) is 46.6 Å². The first-order valence-electron chi connectivity index (χ1n) is 12.1. The van der Waals surface area contributed by atoms with Crippen LogP contribution in [0, 0.1) is 24.2 Å².